The van der Waals surface area contributed by atoms with Crippen LogP contribution < -0.4 is 0 Å². The minimum atomic E-state index is 0.512. The molecule has 0 unspecified atom stereocenters. The largest absolute Gasteiger partial charge is 0.241 e. The highest BCUT2D eigenvalue weighted by molar-refractivity contribution is 6.38. The van der Waals surface area contributed by atoms with E-state index in [1.807, 2.05) is 31.2 Å². The van der Waals surface area contributed by atoms with Gasteiger partial charge < -0.3 is 0 Å². The number of nitrogens with zero attached hydrogens (tertiary/aromatic N) is 1. The maximum absolute atomic E-state index is 6.01. The lowest BCUT2D eigenvalue weighted by molar-refractivity contribution is 1.22. The molecule has 1 aromatic heterocycles. The molecule has 0 radical (unpaired) electrons. The van der Waals surface area contributed by atoms with E-state index in [9.17, 15) is 0 Å². The van der Waals surface area contributed by atoms with Gasteiger partial charge in [-0.05, 0) is 19.1 Å². The Kier molecular flexibility index (Phi) is 2.14. The van der Waals surface area contributed by atoms with Gasteiger partial charge >= 0.3 is 0 Å². The number of benzene rings is 1. The predicted octanol–water partition coefficient (Wildman–Crippen LogP) is 3.85. The van der Waals surface area contributed by atoms with Crippen LogP contribution in [0.5, 0.6) is 0 Å². The van der Waals surface area contributed by atoms with Crippen molar-refractivity contribution < 1.29 is 0 Å². The lowest BCUT2D eigenvalue weighted by atomic mass is 10.1. The number of halogens is 2. The topological polar surface area (TPSA) is 12.9 Å². The second-order valence-corrected chi connectivity index (χ2v) is 3.65. The van der Waals surface area contributed by atoms with Crippen LogP contribution in [0.15, 0.2) is 24.3 Å². The first-order chi connectivity index (χ1) is 6.18. The molecule has 0 amide bonds. The number of hydrogen-bond donors (Lipinski definition) is 0. The smallest absolute Gasteiger partial charge is 0.137 e. The highest BCUT2D eigenvalue weighted by Crippen LogP contribution is 2.28. The SMILES string of the molecule is Cc1cc2c(Cl)cccc2c(Cl)n1. The van der Waals surface area contributed by atoms with Crippen molar-refractivity contribution in [2.45, 2.75) is 6.92 Å². The molecule has 3 heteroatoms. The molecular weight excluding hydrogens is 205 g/mol. The molecule has 2 rings (SSSR count). The summed E-state index contributed by atoms with van der Waals surface area (Å²) in [5.74, 6) is 0. The molecule has 2 aromatic rings. The van der Waals surface area contributed by atoms with Gasteiger partial charge in [0, 0.05) is 21.5 Å². The number of rotatable bonds is 0. The molecule has 0 fully saturated rings. The van der Waals surface area contributed by atoms with Crippen molar-refractivity contribution in [1.29, 1.82) is 0 Å². The fourth-order valence-corrected chi connectivity index (χ4v) is 1.85. The van der Waals surface area contributed by atoms with Gasteiger partial charge in [0.1, 0.15) is 5.15 Å². The van der Waals surface area contributed by atoms with Crippen LogP contribution in [0.4, 0.5) is 0 Å². The standard InChI is InChI=1S/C10H7Cl2N/c1-6-5-8-7(10(12)13-6)3-2-4-9(8)11/h2-5H,1H3. The van der Waals surface area contributed by atoms with Crippen molar-refractivity contribution in [2.75, 3.05) is 0 Å². The van der Waals surface area contributed by atoms with Crippen molar-refractivity contribution in [3.63, 3.8) is 0 Å². The van der Waals surface area contributed by atoms with Crippen LogP contribution in [0.25, 0.3) is 10.8 Å². The summed E-state index contributed by atoms with van der Waals surface area (Å²) in [4.78, 5) is 4.15. The molecule has 0 atom stereocenters. The summed E-state index contributed by atoms with van der Waals surface area (Å²) in [5.41, 5.74) is 0.880. The number of hydrogen-bond acceptors (Lipinski definition) is 1. The maximum Gasteiger partial charge on any atom is 0.137 e. The van der Waals surface area contributed by atoms with Crippen molar-refractivity contribution in [3.05, 3.63) is 40.1 Å². The average molecular weight is 212 g/mol. The van der Waals surface area contributed by atoms with Crippen LogP contribution in [0.3, 0.4) is 0 Å². The minimum Gasteiger partial charge on any atom is -0.241 e. The first-order valence-corrected chi connectivity index (χ1v) is 4.65. The molecule has 0 saturated carbocycles. The molecule has 0 aliphatic carbocycles. The van der Waals surface area contributed by atoms with Crippen molar-refractivity contribution >= 4 is 34.0 Å². The van der Waals surface area contributed by atoms with Gasteiger partial charge in [0.2, 0.25) is 0 Å². The van der Waals surface area contributed by atoms with Crippen LogP contribution >= 0.6 is 23.2 Å². The molecule has 1 nitrogen and oxygen atoms in total. The Balaban J connectivity index is 2.94. The van der Waals surface area contributed by atoms with E-state index < -0.39 is 0 Å². The molecule has 0 aliphatic heterocycles. The van der Waals surface area contributed by atoms with E-state index in [-0.39, 0.29) is 0 Å². The zero-order valence-electron chi connectivity index (χ0n) is 7.01. The third kappa shape index (κ3) is 1.50. The lowest BCUT2D eigenvalue weighted by Crippen LogP contribution is -1.84. The Morgan fingerprint density at radius 3 is 2.69 bits per heavy atom. The fraction of sp³-hybridized carbons (Fsp3) is 0.100. The molecule has 13 heavy (non-hydrogen) atoms. The summed E-state index contributed by atoms with van der Waals surface area (Å²) >= 11 is 12.0. The van der Waals surface area contributed by atoms with Crippen molar-refractivity contribution in [1.82, 2.24) is 4.98 Å². The summed E-state index contributed by atoms with van der Waals surface area (Å²) < 4.78 is 0. The summed E-state index contributed by atoms with van der Waals surface area (Å²) in [6.07, 6.45) is 0. The van der Waals surface area contributed by atoms with E-state index in [2.05, 4.69) is 4.98 Å². The summed E-state index contributed by atoms with van der Waals surface area (Å²) in [6, 6.07) is 7.56. The van der Waals surface area contributed by atoms with E-state index in [4.69, 9.17) is 23.2 Å². The lowest BCUT2D eigenvalue weighted by Gasteiger charge is -2.02. The molecule has 1 heterocycles. The summed E-state index contributed by atoms with van der Waals surface area (Å²) in [6.45, 7) is 1.90. The Morgan fingerprint density at radius 1 is 1.15 bits per heavy atom. The monoisotopic (exact) mass is 211 g/mol. The molecule has 0 saturated heterocycles. The second-order valence-electron chi connectivity index (χ2n) is 2.89. The van der Waals surface area contributed by atoms with Crippen LogP contribution in [0.1, 0.15) is 5.69 Å². The zero-order chi connectivity index (χ0) is 9.42. The number of aromatic nitrogens is 1. The Labute approximate surface area is 86.3 Å². The van der Waals surface area contributed by atoms with Gasteiger partial charge in [-0.3, -0.25) is 0 Å². The third-order valence-corrected chi connectivity index (χ3v) is 2.52. The van der Waals surface area contributed by atoms with E-state index in [0.717, 1.165) is 16.5 Å². The van der Waals surface area contributed by atoms with E-state index in [1.165, 1.54) is 0 Å². The van der Waals surface area contributed by atoms with Crippen LogP contribution in [0.2, 0.25) is 10.2 Å². The van der Waals surface area contributed by atoms with Gasteiger partial charge in [-0.1, -0.05) is 35.3 Å². The van der Waals surface area contributed by atoms with E-state index in [1.54, 1.807) is 0 Å². The van der Waals surface area contributed by atoms with Crippen LogP contribution in [-0.4, -0.2) is 4.98 Å². The van der Waals surface area contributed by atoms with Crippen molar-refractivity contribution in [2.24, 2.45) is 0 Å². The van der Waals surface area contributed by atoms with Gasteiger partial charge in [0.25, 0.3) is 0 Å². The highest BCUT2D eigenvalue weighted by Gasteiger charge is 2.03. The first-order valence-electron chi connectivity index (χ1n) is 3.90. The number of aryl methyl sites for hydroxylation is 1. The third-order valence-electron chi connectivity index (χ3n) is 1.90. The number of pyridine rings is 1. The Hall–Kier alpha value is -0.790. The van der Waals surface area contributed by atoms with Gasteiger partial charge in [-0.2, -0.15) is 0 Å². The van der Waals surface area contributed by atoms with Crippen LogP contribution in [0, 0.1) is 6.92 Å². The number of fused-ring (bicyclic) bond motifs is 1. The second kappa shape index (κ2) is 3.17. The van der Waals surface area contributed by atoms with Gasteiger partial charge in [-0.15, -0.1) is 0 Å². The van der Waals surface area contributed by atoms with Crippen LogP contribution in [-0.2, 0) is 0 Å². The Morgan fingerprint density at radius 2 is 1.92 bits per heavy atom. The molecule has 1 aromatic carbocycles. The van der Waals surface area contributed by atoms with Crippen molar-refractivity contribution in [3.8, 4) is 0 Å². The Bertz CT molecular complexity index is 466. The maximum atomic E-state index is 6.01. The minimum absolute atomic E-state index is 0.512. The summed E-state index contributed by atoms with van der Waals surface area (Å²) in [7, 11) is 0. The van der Waals surface area contributed by atoms with E-state index >= 15 is 0 Å². The molecule has 0 spiro atoms. The highest BCUT2D eigenvalue weighted by atomic mass is 35.5. The predicted molar refractivity (Wildman–Crippen MR) is 56.5 cm³/mol. The fourth-order valence-electron chi connectivity index (χ4n) is 1.32. The zero-order valence-corrected chi connectivity index (χ0v) is 8.52. The molecule has 0 bridgehead atoms. The van der Waals surface area contributed by atoms with Gasteiger partial charge in [0.15, 0.2) is 0 Å². The van der Waals surface area contributed by atoms with Gasteiger partial charge in [0.05, 0.1) is 0 Å². The summed E-state index contributed by atoms with van der Waals surface area (Å²) in [5, 5.41) is 3.09. The van der Waals surface area contributed by atoms with Gasteiger partial charge in [-0.25, -0.2) is 4.98 Å². The first kappa shape index (κ1) is 8.79. The molecular formula is C10H7Cl2N. The molecule has 66 valence electrons. The van der Waals surface area contributed by atoms with E-state index in [0.29, 0.717) is 10.2 Å². The molecule has 0 aliphatic rings. The quantitative estimate of drug-likeness (QED) is 0.604. The normalized spacial score (nSPS) is 10.7. The average Bonchev–Trinajstić information content (AvgIpc) is 2.07. The molecule has 0 N–H and O–H groups in total.